The number of ether oxygens (including phenoxy) is 1. The highest BCUT2D eigenvalue weighted by molar-refractivity contribution is 6.17. The largest absolute Gasteiger partial charge is 0.481 e. The highest BCUT2D eigenvalue weighted by Crippen LogP contribution is 2.45. The molecular weight excluding hydrogens is 496 g/mol. The molecule has 0 saturated carbocycles. The van der Waals surface area contributed by atoms with E-state index in [-0.39, 0.29) is 17.3 Å². The summed E-state index contributed by atoms with van der Waals surface area (Å²) in [6.07, 6.45) is -1.04. The number of rotatable bonds is 8. The first-order valence-electron chi connectivity index (χ1n) is 13.3. The Labute approximate surface area is 232 Å². The van der Waals surface area contributed by atoms with E-state index in [1.807, 2.05) is 72.8 Å². The van der Waals surface area contributed by atoms with Crippen molar-refractivity contribution in [3.8, 4) is 16.9 Å². The van der Waals surface area contributed by atoms with E-state index in [1.165, 1.54) is 0 Å². The lowest BCUT2D eigenvalue weighted by molar-refractivity contribution is 0.0669. The van der Waals surface area contributed by atoms with E-state index in [2.05, 4.69) is 0 Å². The molecule has 0 spiro atoms. The maximum absolute atomic E-state index is 14.1. The number of para-hydroxylation sites is 1. The predicted molar refractivity (Wildman–Crippen MR) is 155 cm³/mol. The minimum Gasteiger partial charge on any atom is -0.481 e. The average Bonchev–Trinajstić information content (AvgIpc) is 3.41. The smallest absolute Gasteiger partial charge is 0.203 e. The van der Waals surface area contributed by atoms with Crippen molar-refractivity contribution in [1.82, 2.24) is 0 Å². The van der Waals surface area contributed by atoms with Gasteiger partial charge in [-0.2, -0.15) is 0 Å². The normalized spacial score (nSPS) is 15.7. The number of ketones is 3. The minimum absolute atomic E-state index is 0.271. The van der Waals surface area contributed by atoms with Crippen LogP contribution in [0.2, 0.25) is 0 Å². The Bertz CT molecular complexity index is 1610. The van der Waals surface area contributed by atoms with Crippen LogP contribution >= 0.6 is 0 Å². The summed E-state index contributed by atoms with van der Waals surface area (Å²) < 4.78 is 6.25. The van der Waals surface area contributed by atoms with Crippen LogP contribution in [-0.4, -0.2) is 23.5 Å². The third-order valence-corrected chi connectivity index (χ3v) is 7.43. The molecule has 0 amide bonds. The van der Waals surface area contributed by atoms with E-state index < -0.39 is 17.9 Å². The molecule has 5 aromatic carbocycles. The third-order valence-electron chi connectivity index (χ3n) is 7.43. The van der Waals surface area contributed by atoms with Gasteiger partial charge in [0, 0.05) is 28.2 Å². The van der Waals surface area contributed by atoms with Crippen LogP contribution in [0.5, 0.6) is 5.75 Å². The van der Waals surface area contributed by atoms with Crippen molar-refractivity contribution in [2.24, 2.45) is 5.92 Å². The summed E-state index contributed by atoms with van der Waals surface area (Å²) in [5.41, 5.74) is 4.01. The first kappa shape index (κ1) is 25.2. The van der Waals surface area contributed by atoms with Crippen molar-refractivity contribution in [2.75, 3.05) is 0 Å². The van der Waals surface area contributed by atoms with Crippen molar-refractivity contribution in [3.05, 3.63) is 162 Å². The summed E-state index contributed by atoms with van der Waals surface area (Å²) in [6.45, 7) is 0. The molecule has 6 rings (SSSR count). The van der Waals surface area contributed by atoms with Crippen LogP contribution in [0.3, 0.4) is 0 Å². The van der Waals surface area contributed by atoms with Gasteiger partial charge in [-0.15, -0.1) is 0 Å². The molecule has 40 heavy (non-hydrogen) atoms. The molecule has 194 valence electrons. The lowest BCUT2D eigenvalue weighted by atomic mass is 9.74. The van der Waals surface area contributed by atoms with Crippen molar-refractivity contribution < 1.29 is 19.1 Å². The van der Waals surface area contributed by atoms with E-state index in [9.17, 15) is 14.4 Å². The number of carbonyl (C=O) groups excluding carboxylic acids is 3. The third kappa shape index (κ3) is 4.76. The van der Waals surface area contributed by atoms with Gasteiger partial charge in [0.25, 0.3) is 0 Å². The second kappa shape index (κ2) is 11.0. The Hall–Kier alpha value is -5.09. The monoisotopic (exact) mass is 522 g/mol. The number of benzene rings is 5. The molecule has 4 nitrogen and oxygen atoms in total. The Balaban J connectivity index is 1.42. The number of hydrogen-bond donors (Lipinski definition) is 0. The van der Waals surface area contributed by atoms with Gasteiger partial charge in [-0.05, 0) is 17.2 Å². The first-order valence-corrected chi connectivity index (χ1v) is 13.3. The van der Waals surface area contributed by atoms with Crippen molar-refractivity contribution >= 4 is 17.3 Å². The average molecular weight is 523 g/mol. The second-order valence-corrected chi connectivity index (χ2v) is 9.85. The molecule has 0 N–H and O–H groups in total. The molecule has 4 heteroatoms. The molecule has 1 aliphatic rings. The molecule has 0 aliphatic carbocycles. The number of Topliss-reactive ketones (excluding diaryl/α,β-unsaturated/α-hetero) is 3. The summed E-state index contributed by atoms with van der Waals surface area (Å²) in [5, 5.41) is 0. The predicted octanol–water partition coefficient (Wildman–Crippen LogP) is 7.46. The number of hydrogen-bond acceptors (Lipinski definition) is 4. The van der Waals surface area contributed by atoms with Crippen LogP contribution in [0.25, 0.3) is 11.1 Å². The fourth-order valence-corrected chi connectivity index (χ4v) is 5.44. The zero-order valence-electron chi connectivity index (χ0n) is 21.6. The van der Waals surface area contributed by atoms with E-state index >= 15 is 0 Å². The van der Waals surface area contributed by atoms with Crippen LogP contribution in [0.1, 0.15) is 42.6 Å². The lowest BCUT2D eigenvalue weighted by Crippen LogP contribution is -2.40. The second-order valence-electron chi connectivity index (χ2n) is 9.85. The van der Waals surface area contributed by atoms with Crippen LogP contribution < -0.4 is 4.74 Å². The maximum Gasteiger partial charge on any atom is 0.203 e. The molecule has 0 aromatic heterocycles. The van der Waals surface area contributed by atoms with E-state index in [1.54, 1.807) is 66.7 Å². The number of carbonyl (C=O) groups is 3. The van der Waals surface area contributed by atoms with Gasteiger partial charge in [0.2, 0.25) is 5.78 Å². The van der Waals surface area contributed by atoms with E-state index in [0.717, 1.165) is 11.1 Å². The van der Waals surface area contributed by atoms with Crippen LogP contribution in [0, 0.1) is 5.92 Å². The van der Waals surface area contributed by atoms with Gasteiger partial charge in [0.05, 0.1) is 5.92 Å². The Morgan fingerprint density at radius 2 is 0.975 bits per heavy atom. The molecule has 0 radical (unpaired) electrons. The molecular formula is C36H26O4. The molecule has 1 heterocycles. The Morgan fingerprint density at radius 3 is 1.55 bits per heavy atom. The molecule has 5 aromatic rings. The summed E-state index contributed by atoms with van der Waals surface area (Å²) >= 11 is 0. The summed E-state index contributed by atoms with van der Waals surface area (Å²) in [5.74, 6) is -2.37. The van der Waals surface area contributed by atoms with Crippen LogP contribution in [0.15, 0.2) is 140 Å². The topological polar surface area (TPSA) is 60.4 Å². The zero-order valence-corrected chi connectivity index (χ0v) is 21.6. The molecule has 0 fully saturated rings. The fourth-order valence-electron chi connectivity index (χ4n) is 5.44. The fraction of sp³-hybridized carbons (Fsp3) is 0.0833. The van der Waals surface area contributed by atoms with Gasteiger partial charge >= 0.3 is 0 Å². The summed E-state index contributed by atoms with van der Waals surface area (Å²) in [7, 11) is 0. The van der Waals surface area contributed by atoms with Gasteiger partial charge in [0.1, 0.15) is 5.75 Å². The summed E-state index contributed by atoms with van der Waals surface area (Å²) in [6, 6.07) is 42.1. The van der Waals surface area contributed by atoms with E-state index in [4.69, 9.17) is 4.74 Å². The van der Waals surface area contributed by atoms with Gasteiger partial charge in [-0.1, -0.05) is 133 Å². The number of fused-ring (bicyclic) bond motifs is 1. The van der Waals surface area contributed by atoms with E-state index in [0.29, 0.717) is 28.0 Å². The summed E-state index contributed by atoms with van der Waals surface area (Å²) in [4.78, 5) is 42.2. The quantitative estimate of drug-likeness (QED) is 0.157. The standard InChI is InChI=1S/C36H26O4/c37-33(26-14-6-2-7-15-26)32(34(38)27-16-8-3-9-17-27)31-29-18-10-11-19-30(29)40-36(31)35(39)28-22-20-25(21-23-28)24-12-4-1-5-13-24/h1-23,31-32,36H. The first-order chi connectivity index (χ1) is 19.6. The molecule has 2 atom stereocenters. The SMILES string of the molecule is O=C(c1ccc(-c2ccccc2)cc1)C1Oc2ccccc2C1C(C(=O)c1ccccc1)C(=O)c1ccccc1. The lowest BCUT2D eigenvalue weighted by Gasteiger charge is -2.26. The maximum atomic E-state index is 14.1. The Morgan fingerprint density at radius 1 is 0.500 bits per heavy atom. The molecule has 0 bridgehead atoms. The Kier molecular flexibility index (Phi) is 6.90. The highest BCUT2D eigenvalue weighted by Gasteiger charge is 2.49. The van der Waals surface area contributed by atoms with Gasteiger partial charge in [-0.25, -0.2) is 0 Å². The zero-order chi connectivity index (χ0) is 27.5. The highest BCUT2D eigenvalue weighted by atomic mass is 16.5. The van der Waals surface area contributed by atoms with Crippen LogP contribution in [-0.2, 0) is 0 Å². The van der Waals surface area contributed by atoms with Crippen molar-refractivity contribution in [3.63, 3.8) is 0 Å². The molecule has 1 aliphatic heterocycles. The minimum atomic E-state index is -1.15. The van der Waals surface area contributed by atoms with Crippen molar-refractivity contribution in [2.45, 2.75) is 12.0 Å². The van der Waals surface area contributed by atoms with Gasteiger partial charge in [-0.3, -0.25) is 14.4 Å². The molecule has 2 unspecified atom stereocenters. The molecule has 0 saturated heterocycles. The van der Waals surface area contributed by atoms with Gasteiger partial charge in [0.15, 0.2) is 17.7 Å². The van der Waals surface area contributed by atoms with Crippen molar-refractivity contribution in [1.29, 1.82) is 0 Å². The van der Waals surface area contributed by atoms with Crippen LogP contribution in [0.4, 0.5) is 0 Å². The van der Waals surface area contributed by atoms with Gasteiger partial charge < -0.3 is 4.74 Å².